The number of amides is 1. The van der Waals surface area contributed by atoms with E-state index in [4.69, 9.17) is 4.74 Å². The molecule has 1 aliphatic rings. The average Bonchev–Trinajstić information content (AvgIpc) is 2.65. The molecular formula is C19H22N2O3. The largest absolute Gasteiger partial charge is 0.452 e. The van der Waals surface area contributed by atoms with Crippen LogP contribution < -0.4 is 0 Å². The van der Waals surface area contributed by atoms with Gasteiger partial charge in [-0.3, -0.25) is 4.79 Å². The molecule has 0 N–H and O–H groups in total. The molecule has 0 aliphatic heterocycles. The normalized spacial score (nSPS) is 16.3. The van der Waals surface area contributed by atoms with Gasteiger partial charge in [0.2, 0.25) is 0 Å². The van der Waals surface area contributed by atoms with E-state index in [0.717, 1.165) is 24.8 Å². The number of hydrogen-bond acceptors (Lipinski definition) is 4. The van der Waals surface area contributed by atoms with Crippen LogP contribution in [0.5, 0.6) is 0 Å². The number of benzene rings is 1. The fraction of sp³-hybridized carbons (Fsp3) is 0.421. The van der Waals surface area contributed by atoms with Gasteiger partial charge in [-0.2, -0.15) is 5.26 Å². The summed E-state index contributed by atoms with van der Waals surface area (Å²) >= 11 is 0. The van der Waals surface area contributed by atoms with Crippen LogP contribution in [0, 0.1) is 11.3 Å². The van der Waals surface area contributed by atoms with Crippen molar-refractivity contribution in [2.45, 2.75) is 37.6 Å². The zero-order valence-corrected chi connectivity index (χ0v) is 13.9. The molecule has 0 aromatic heterocycles. The maximum Gasteiger partial charge on any atom is 0.331 e. The first-order valence-electron chi connectivity index (χ1n) is 8.15. The number of likely N-dealkylation sites (N-methyl/N-ethyl adjacent to an activating group) is 1. The lowest BCUT2D eigenvalue weighted by Crippen LogP contribution is -2.51. The molecule has 2 rings (SSSR count). The third kappa shape index (κ3) is 4.45. The van der Waals surface area contributed by atoms with Gasteiger partial charge in [-0.05, 0) is 24.5 Å². The lowest BCUT2D eigenvalue weighted by molar-refractivity contribution is -0.150. The third-order valence-corrected chi connectivity index (χ3v) is 4.45. The molecule has 5 nitrogen and oxygen atoms in total. The van der Waals surface area contributed by atoms with Crippen LogP contribution in [0.15, 0.2) is 36.4 Å². The topological polar surface area (TPSA) is 70.4 Å². The number of rotatable bonds is 5. The lowest BCUT2D eigenvalue weighted by Gasteiger charge is -2.38. The number of carbonyl (C=O) groups excluding carboxylic acids is 2. The summed E-state index contributed by atoms with van der Waals surface area (Å²) in [6, 6.07) is 11.6. The van der Waals surface area contributed by atoms with E-state index in [0.29, 0.717) is 12.8 Å². The van der Waals surface area contributed by atoms with E-state index in [-0.39, 0.29) is 12.5 Å². The van der Waals surface area contributed by atoms with Crippen LogP contribution in [0.3, 0.4) is 0 Å². The van der Waals surface area contributed by atoms with Crippen molar-refractivity contribution in [3.63, 3.8) is 0 Å². The van der Waals surface area contributed by atoms with Gasteiger partial charge in [0.25, 0.3) is 5.91 Å². The highest BCUT2D eigenvalue weighted by Gasteiger charge is 2.38. The van der Waals surface area contributed by atoms with E-state index >= 15 is 0 Å². The minimum atomic E-state index is -0.762. The van der Waals surface area contributed by atoms with Crippen LogP contribution in [0.1, 0.15) is 37.7 Å². The molecule has 0 atom stereocenters. The van der Waals surface area contributed by atoms with Crippen molar-refractivity contribution in [1.82, 2.24) is 4.90 Å². The Kier molecular flexibility index (Phi) is 6.14. The molecule has 1 aromatic rings. The number of carbonyl (C=O) groups is 2. The standard InChI is InChI=1S/C19H22N2O3/c1-21(19(15-20)12-6-3-7-13-19)17(22)14-24-18(23)11-10-16-8-4-2-5-9-16/h2,4-5,8-11H,3,6-7,12-14H2,1H3/b11-10+. The summed E-state index contributed by atoms with van der Waals surface area (Å²) in [6.45, 7) is -0.349. The highest BCUT2D eigenvalue weighted by atomic mass is 16.5. The molecule has 0 saturated heterocycles. The number of hydrogen-bond donors (Lipinski definition) is 0. The van der Waals surface area contributed by atoms with Gasteiger partial charge in [-0.25, -0.2) is 4.79 Å². The molecule has 126 valence electrons. The van der Waals surface area contributed by atoms with Gasteiger partial charge in [0.15, 0.2) is 6.61 Å². The Morgan fingerprint density at radius 2 is 1.92 bits per heavy atom. The number of ether oxygens (including phenoxy) is 1. The van der Waals surface area contributed by atoms with E-state index in [9.17, 15) is 14.9 Å². The van der Waals surface area contributed by atoms with E-state index < -0.39 is 11.5 Å². The van der Waals surface area contributed by atoms with Gasteiger partial charge < -0.3 is 9.64 Å². The van der Waals surface area contributed by atoms with Gasteiger partial charge in [0, 0.05) is 13.1 Å². The van der Waals surface area contributed by atoms with Crippen molar-refractivity contribution < 1.29 is 14.3 Å². The summed E-state index contributed by atoms with van der Waals surface area (Å²) in [6.07, 6.45) is 7.24. The molecule has 0 unspecified atom stereocenters. The quantitative estimate of drug-likeness (QED) is 0.616. The number of esters is 1. The number of nitrogens with zero attached hydrogens (tertiary/aromatic N) is 2. The highest BCUT2D eigenvalue weighted by molar-refractivity contribution is 5.89. The zero-order chi connectivity index (χ0) is 17.4. The van der Waals surface area contributed by atoms with E-state index in [2.05, 4.69) is 6.07 Å². The van der Waals surface area contributed by atoms with Crippen LogP contribution in [0.4, 0.5) is 0 Å². The minimum absolute atomic E-state index is 0.347. The van der Waals surface area contributed by atoms with E-state index in [1.165, 1.54) is 11.0 Å². The van der Waals surface area contributed by atoms with Crippen molar-refractivity contribution in [3.05, 3.63) is 42.0 Å². The molecule has 1 saturated carbocycles. The van der Waals surface area contributed by atoms with Crippen molar-refractivity contribution in [2.24, 2.45) is 0 Å². The Bertz CT molecular complexity index is 640. The summed E-state index contributed by atoms with van der Waals surface area (Å²) in [4.78, 5) is 25.4. The fourth-order valence-electron chi connectivity index (χ4n) is 2.90. The Hall–Kier alpha value is -2.61. The molecule has 0 spiro atoms. The first-order chi connectivity index (χ1) is 11.6. The van der Waals surface area contributed by atoms with Crippen molar-refractivity contribution in [2.75, 3.05) is 13.7 Å². The van der Waals surface area contributed by atoms with Crippen molar-refractivity contribution >= 4 is 18.0 Å². The summed E-state index contributed by atoms with van der Waals surface area (Å²) in [5.74, 6) is -0.921. The fourth-order valence-corrected chi connectivity index (χ4v) is 2.90. The summed E-state index contributed by atoms with van der Waals surface area (Å²) in [5, 5.41) is 9.49. The van der Waals surface area contributed by atoms with Gasteiger partial charge in [-0.1, -0.05) is 49.6 Å². The number of nitriles is 1. The molecule has 1 aromatic carbocycles. The molecule has 0 radical (unpaired) electrons. The van der Waals surface area contributed by atoms with Crippen LogP contribution in [0.25, 0.3) is 6.08 Å². The third-order valence-electron chi connectivity index (χ3n) is 4.45. The smallest absolute Gasteiger partial charge is 0.331 e. The van der Waals surface area contributed by atoms with Crippen molar-refractivity contribution in [1.29, 1.82) is 5.26 Å². The maximum atomic E-state index is 12.3. The van der Waals surface area contributed by atoms with Crippen LogP contribution >= 0.6 is 0 Å². The second-order valence-corrected chi connectivity index (χ2v) is 6.01. The molecule has 5 heteroatoms. The first-order valence-corrected chi connectivity index (χ1v) is 8.15. The molecule has 24 heavy (non-hydrogen) atoms. The Morgan fingerprint density at radius 3 is 2.54 bits per heavy atom. The predicted molar refractivity (Wildman–Crippen MR) is 90.6 cm³/mol. The second kappa shape index (κ2) is 8.30. The van der Waals surface area contributed by atoms with Gasteiger partial charge >= 0.3 is 5.97 Å². The molecule has 0 bridgehead atoms. The van der Waals surface area contributed by atoms with Gasteiger partial charge in [0.05, 0.1) is 6.07 Å². The summed E-state index contributed by atoms with van der Waals surface area (Å²) < 4.78 is 5.00. The van der Waals surface area contributed by atoms with Gasteiger partial charge in [0.1, 0.15) is 5.54 Å². The maximum absolute atomic E-state index is 12.3. The SMILES string of the molecule is CN(C(=O)COC(=O)/C=C/c1ccccc1)C1(C#N)CCCCC1. The molecule has 1 aliphatic carbocycles. The Morgan fingerprint density at radius 1 is 1.25 bits per heavy atom. The first kappa shape index (κ1) is 17.7. The monoisotopic (exact) mass is 326 g/mol. The van der Waals surface area contributed by atoms with E-state index in [1.54, 1.807) is 13.1 Å². The predicted octanol–water partition coefficient (Wildman–Crippen LogP) is 2.93. The lowest BCUT2D eigenvalue weighted by atomic mass is 9.81. The Labute approximate surface area is 142 Å². The van der Waals surface area contributed by atoms with Crippen LogP contribution in [-0.2, 0) is 14.3 Å². The molecule has 1 amide bonds. The molecule has 1 fully saturated rings. The molecule has 0 heterocycles. The minimum Gasteiger partial charge on any atom is -0.452 e. The Balaban J connectivity index is 1.87. The summed E-state index contributed by atoms with van der Waals surface area (Å²) in [5.41, 5.74) is 0.116. The zero-order valence-electron chi connectivity index (χ0n) is 13.9. The molecular weight excluding hydrogens is 304 g/mol. The van der Waals surface area contributed by atoms with Crippen LogP contribution in [0.2, 0.25) is 0 Å². The van der Waals surface area contributed by atoms with E-state index in [1.807, 2.05) is 30.3 Å². The van der Waals surface area contributed by atoms with Crippen molar-refractivity contribution in [3.8, 4) is 6.07 Å². The highest BCUT2D eigenvalue weighted by Crippen LogP contribution is 2.32. The van der Waals surface area contributed by atoms with Crippen LogP contribution in [-0.4, -0.2) is 36.0 Å². The van der Waals surface area contributed by atoms with Gasteiger partial charge in [-0.15, -0.1) is 0 Å². The summed E-state index contributed by atoms with van der Waals surface area (Å²) in [7, 11) is 1.62. The average molecular weight is 326 g/mol. The second-order valence-electron chi connectivity index (χ2n) is 6.01.